The molecule has 0 bridgehead atoms. The maximum atomic E-state index is 11.1. The first-order chi connectivity index (χ1) is 7.72. The Morgan fingerprint density at radius 2 is 2.19 bits per heavy atom. The van der Waals surface area contributed by atoms with E-state index >= 15 is 0 Å². The van der Waals surface area contributed by atoms with Gasteiger partial charge in [-0.1, -0.05) is 13.0 Å². The van der Waals surface area contributed by atoms with Gasteiger partial charge in [0.15, 0.2) is 0 Å². The van der Waals surface area contributed by atoms with Gasteiger partial charge in [-0.05, 0) is 18.6 Å². The number of benzene rings is 1. The molecule has 0 aliphatic carbocycles. The highest BCUT2D eigenvalue weighted by Crippen LogP contribution is 2.14. The summed E-state index contributed by atoms with van der Waals surface area (Å²) in [5.41, 5.74) is 6.23. The van der Waals surface area contributed by atoms with E-state index in [9.17, 15) is 4.79 Å². The average molecular weight is 223 g/mol. The highest BCUT2D eigenvalue weighted by atomic mass is 16.5. The van der Waals surface area contributed by atoms with Gasteiger partial charge in [0.25, 0.3) is 0 Å². The van der Waals surface area contributed by atoms with Crippen molar-refractivity contribution in [3.63, 3.8) is 0 Å². The summed E-state index contributed by atoms with van der Waals surface area (Å²) in [7, 11) is 0. The van der Waals surface area contributed by atoms with E-state index in [-0.39, 0.29) is 12.4 Å². The highest BCUT2D eigenvalue weighted by molar-refractivity contribution is 5.69. The lowest BCUT2D eigenvalue weighted by atomic mass is 10.3. The number of carbonyl (C=O) groups excluding carboxylic acids is 1. The second-order valence-electron chi connectivity index (χ2n) is 3.39. The van der Waals surface area contributed by atoms with E-state index in [1.165, 1.54) is 0 Å². The molecular weight excluding hydrogens is 206 g/mol. The van der Waals surface area contributed by atoms with E-state index in [2.05, 4.69) is 0 Å². The van der Waals surface area contributed by atoms with Crippen molar-refractivity contribution in [1.29, 1.82) is 0 Å². The molecule has 4 nitrogen and oxygen atoms in total. The van der Waals surface area contributed by atoms with E-state index in [1.807, 2.05) is 6.92 Å². The van der Waals surface area contributed by atoms with Crippen LogP contribution in [-0.2, 0) is 9.53 Å². The van der Waals surface area contributed by atoms with Gasteiger partial charge in [0.05, 0.1) is 19.6 Å². The predicted molar refractivity (Wildman–Crippen MR) is 62.2 cm³/mol. The van der Waals surface area contributed by atoms with Crippen LogP contribution >= 0.6 is 0 Å². The summed E-state index contributed by atoms with van der Waals surface area (Å²) in [6.07, 6.45) is 1.09. The van der Waals surface area contributed by atoms with Crippen molar-refractivity contribution in [2.24, 2.45) is 0 Å². The Kier molecular flexibility index (Phi) is 5.19. The Hall–Kier alpha value is -1.71. The minimum absolute atomic E-state index is 0.231. The number of hydrogen-bond acceptors (Lipinski definition) is 4. The van der Waals surface area contributed by atoms with Crippen molar-refractivity contribution in [2.45, 2.75) is 19.8 Å². The molecule has 0 radical (unpaired) electrons. The van der Waals surface area contributed by atoms with Crippen molar-refractivity contribution in [3.8, 4) is 5.75 Å². The minimum atomic E-state index is -0.231. The summed E-state index contributed by atoms with van der Waals surface area (Å²) in [6, 6.07) is 7.10. The lowest BCUT2D eigenvalue weighted by molar-refractivity contribution is -0.144. The molecule has 0 amide bonds. The van der Waals surface area contributed by atoms with Crippen LogP contribution in [0.2, 0.25) is 0 Å². The van der Waals surface area contributed by atoms with Crippen LogP contribution in [0.5, 0.6) is 5.75 Å². The van der Waals surface area contributed by atoms with Crippen LogP contribution in [-0.4, -0.2) is 19.2 Å². The van der Waals surface area contributed by atoms with Gasteiger partial charge in [-0.2, -0.15) is 0 Å². The maximum Gasteiger partial charge on any atom is 0.309 e. The van der Waals surface area contributed by atoms with Crippen molar-refractivity contribution in [3.05, 3.63) is 24.3 Å². The van der Waals surface area contributed by atoms with Crippen LogP contribution in [0.1, 0.15) is 19.8 Å². The fourth-order valence-corrected chi connectivity index (χ4v) is 1.14. The summed E-state index contributed by atoms with van der Waals surface area (Å²) in [4.78, 5) is 11.1. The zero-order valence-electron chi connectivity index (χ0n) is 9.44. The number of nitrogen functional groups attached to an aromatic ring is 1. The van der Waals surface area contributed by atoms with Crippen LogP contribution in [0.4, 0.5) is 5.69 Å². The molecule has 16 heavy (non-hydrogen) atoms. The summed E-state index contributed by atoms with van der Waals surface area (Å²) in [6.45, 7) is 2.74. The molecule has 0 heterocycles. The van der Waals surface area contributed by atoms with Crippen molar-refractivity contribution in [2.75, 3.05) is 18.9 Å². The Labute approximate surface area is 95.3 Å². The number of rotatable bonds is 6. The van der Waals surface area contributed by atoms with Gasteiger partial charge >= 0.3 is 5.97 Å². The molecule has 0 saturated heterocycles. The predicted octanol–water partition coefficient (Wildman–Crippen LogP) is 1.99. The number of esters is 1. The lowest BCUT2D eigenvalue weighted by Gasteiger charge is -2.06. The number of anilines is 1. The Balaban J connectivity index is 2.22. The van der Waals surface area contributed by atoms with Crippen molar-refractivity contribution >= 4 is 11.7 Å². The van der Waals surface area contributed by atoms with Crippen LogP contribution < -0.4 is 10.5 Å². The molecule has 0 atom stereocenters. The number of ether oxygens (including phenoxy) is 2. The van der Waals surface area contributed by atoms with Crippen LogP contribution in [0.3, 0.4) is 0 Å². The molecule has 0 aromatic heterocycles. The molecule has 1 aromatic rings. The molecule has 0 saturated carbocycles. The minimum Gasteiger partial charge on any atom is -0.493 e. The van der Waals surface area contributed by atoms with Gasteiger partial charge in [0, 0.05) is 11.8 Å². The van der Waals surface area contributed by atoms with E-state index in [4.69, 9.17) is 15.2 Å². The molecule has 1 rings (SSSR count). The molecule has 0 fully saturated rings. The molecule has 2 N–H and O–H groups in total. The summed E-state index contributed by atoms with van der Waals surface area (Å²) < 4.78 is 10.3. The summed E-state index contributed by atoms with van der Waals surface area (Å²) >= 11 is 0. The smallest absolute Gasteiger partial charge is 0.309 e. The molecule has 4 heteroatoms. The first-order valence-electron chi connectivity index (χ1n) is 5.36. The first kappa shape index (κ1) is 12.4. The van der Waals surface area contributed by atoms with Gasteiger partial charge < -0.3 is 15.2 Å². The van der Waals surface area contributed by atoms with E-state index in [0.717, 1.165) is 6.42 Å². The number of hydrogen-bond donors (Lipinski definition) is 1. The van der Waals surface area contributed by atoms with Gasteiger partial charge in [-0.15, -0.1) is 0 Å². The fourth-order valence-electron chi connectivity index (χ4n) is 1.14. The zero-order valence-corrected chi connectivity index (χ0v) is 9.44. The summed E-state index contributed by atoms with van der Waals surface area (Å²) in [5.74, 6) is 0.439. The maximum absolute atomic E-state index is 11.1. The quantitative estimate of drug-likeness (QED) is 0.591. The van der Waals surface area contributed by atoms with Gasteiger partial charge in [-0.25, -0.2) is 0 Å². The average Bonchev–Trinajstić information content (AvgIpc) is 2.26. The molecule has 0 spiro atoms. The standard InChI is InChI=1S/C12H17NO3/c1-2-7-16-12(14)6-8-15-11-5-3-4-10(13)9-11/h3-5,9H,2,6-8,13H2,1H3. The monoisotopic (exact) mass is 223 g/mol. The Bertz CT molecular complexity index is 339. The van der Waals surface area contributed by atoms with Crippen LogP contribution in [0, 0.1) is 0 Å². The zero-order chi connectivity index (χ0) is 11.8. The highest BCUT2D eigenvalue weighted by Gasteiger charge is 2.02. The molecular formula is C12H17NO3. The molecule has 0 aliphatic rings. The third kappa shape index (κ3) is 4.68. The fraction of sp³-hybridized carbons (Fsp3) is 0.417. The summed E-state index contributed by atoms with van der Waals surface area (Å²) in [5, 5.41) is 0. The van der Waals surface area contributed by atoms with Gasteiger partial charge in [0.1, 0.15) is 5.75 Å². The van der Waals surface area contributed by atoms with Crippen LogP contribution in [0.25, 0.3) is 0 Å². The van der Waals surface area contributed by atoms with Crippen molar-refractivity contribution < 1.29 is 14.3 Å². The van der Waals surface area contributed by atoms with Gasteiger partial charge in [-0.3, -0.25) is 4.79 Å². The lowest BCUT2D eigenvalue weighted by Crippen LogP contribution is -2.10. The number of nitrogens with two attached hydrogens (primary N) is 1. The molecule has 0 unspecified atom stereocenters. The molecule has 0 aliphatic heterocycles. The molecule has 88 valence electrons. The second kappa shape index (κ2) is 6.71. The topological polar surface area (TPSA) is 61.5 Å². The number of carbonyl (C=O) groups is 1. The largest absolute Gasteiger partial charge is 0.493 e. The normalized spacial score (nSPS) is 9.81. The van der Waals surface area contributed by atoms with E-state index in [1.54, 1.807) is 24.3 Å². The Morgan fingerprint density at radius 1 is 1.38 bits per heavy atom. The third-order valence-electron chi connectivity index (χ3n) is 1.90. The molecule has 1 aromatic carbocycles. The van der Waals surface area contributed by atoms with Gasteiger partial charge in [0.2, 0.25) is 0 Å². The van der Waals surface area contributed by atoms with Crippen LogP contribution in [0.15, 0.2) is 24.3 Å². The van der Waals surface area contributed by atoms with E-state index < -0.39 is 0 Å². The van der Waals surface area contributed by atoms with Crippen molar-refractivity contribution in [1.82, 2.24) is 0 Å². The second-order valence-corrected chi connectivity index (χ2v) is 3.39. The Morgan fingerprint density at radius 3 is 2.88 bits per heavy atom. The first-order valence-corrected chi connectivity index (χ1v) is 5.36. The van der Waals surface area contributed by atoms with E-state index in [0.29, 0.717) is 24.7 Å². The SMILES string of the molecule is CCCOC(=O)CCOc1cccc(N)c1. The third-order valence-corrected chi connectivity index (χ3v) is 1.90.